The molecule has 5 rings (SSSR count). The Kier molecular flexibility index (Phi) is 5.99. The number of rotatable bonds is 5. The van der Waals surface area contributed by atoms with Gasteiger partial charge in [0.15, 0.2) is 0 Å². The fourth-order valence-electron chi connectivity index (χ4n) is 4.16. The topological polar surface area (TPSA) is 98.5 Å². The molecule has 1 aliphatic heterocycles. The van der Waals surface area contributed by atoms with Crippen molar-refractivity contribution in [3.05, 3.63) is 95.7 Å². The van der Waals surface area contributed by atoms with Crippen molar-refractivity contribution in [3.63, 3.8) is 0 Å². The number of amides is 2. The Morgan fingerprint density at radius 1 is 0.971 bits per heavy atom. The molecule has 1 aliphatic rings. The zero-order valence-corrected chi connectivity index (χ0v) is 18.9. The molecule has 0 spiro atoms. The Labute approximate surface area is 200 Å². The van der Waals surface area contributed by atoms with Crippen molar-refractivity contribution in [1.82, 2.24) is 19.0 Å². The molecular formula is C26H23N5O4. The molecule has 1 N–H and O–H groups in total. The maximum absolute atomic E-state index is 13.7. The fraction of sp³-hybridized carbons (Fsp3) is 0.154. The molecule has 35 heavy (non-hydrogen) atoms. The molecule has 1 fully saturated rings. The first-order chi connectivity index (χ1) is 17.1. The summed E-state index contributed by atoms with van der Waals surface area (Å²) in [5.41, 5.74) is 3.27. The number of ether oxygens (including phenoxy) is 1. The second kappa shape index (κ2) is 9.40. The zero-order chi connectivity index (χ0) is 24.4. The molecule has 0 bridgehead atoms. The van der Waals surface area contributed by atoms with E-state index in [9.17, 15) is 14.4 Å². The molecule has 2 aromatic carbocycles. The first-order valence-electron chi connectivity index (χ1n) is 11.2. The average molecular weight is 470 g/mol. The van der Waals surface area contributed by atoms with Crippen molar-refractivity contribution in [2.75, 3.05) is 31.6 Å². The number of pyridine rings is 1. The van der Waals surface area contributed by atoms with Crippen molar-refractivity contribution >= 4 is 28.5 Å². The monoisotopic (exact) mass is 469 g/mol. The van der Waals surface area contributed by atoms with E-state index in [0.717, 1.165) is 0 Å². The molecule has 3 heterocycles. The van der Waals surface area contributed by atoms with Gasteiger partial charge < -0.3 is 15.0 Å². The van der Waals surface area contributed by atoms with E-state index in [1.165, 1.54) is 6.08 Å². The first-order valence-corrected chi connectivity index (χ1v) is 11.2. The van der Waals surface area contributed by atoms with Crippen LogP contribution in [0.1, 0.15) is 10.4 Å². The number of imidazole rings is 1. The Morgan fingerprint density at radius 2 is 1.71 bits per heavy atom. The predicted octanol–water partition coefficient (Wildman–Crippen LogP) is 2.77. The molecule has 0 aliphatic carbocycles. The molecule has 0 radical (unpaired) electrons. The fourth-order valence-corrected chi connectivity index (χ4v) is 4.16. The van der Waals surface area contributed by atoms with Gasteiger partial charge >= 0.3 is 5.69 Å². The Bertz CT molecular complexity index is 1480. The summed E-state index contributed by atoms with van der Waals surface area (Å²) in [7, 11) is 0. The van der Waals surface area contributed by atoms with Gasteiger partial charge in [0.2, 0.25) is 5.91 Å². The highest BCUT2D eigenvalue weighted by Crippen LogP contribution is 2.22. The van der Waals surface area contributed by atoms with Gasteiger partial charge in [-0.25, -0.2) is 4.79 Å². The van der Waals surface area contributed by atoms with E-state index in [2.05, 4.69) is 16.9 Å². The third-order valence-corrected chi connectivity index (χ3v) is 5.87. The summed E-state index contributed by atoms with van der Waals surface area (Å²) in [5.74, 6) is -0.400. The summed E-state index contributed by atoms with van der Waals surface area (Å²) in [6.07, 6.45) is 4.43. The minimum Gasteiger partial charge on any atom is -0.378 e. The molecule has 2 aromatic heterocycles. The van der Waals surface area contributed by atoms with E-state index in [0.29, 0.717) is 60.0 Å². The van der Waals surface area contributed by atoms with Crippen LogP contribution in [0.4, 0.5) is 5.69 Å². The van der Waals surface area contributed by atoms with Crippen LogP contribution < -0.4 is 11.0 Å². The maximum Gasteiger partial charge on any atom is 0.338 e. The minimum absolute atomic E-state index is 0.0605. The zero-order valence-electron chi connectivity index (χ0n) is 18.9. The van der Waals surface area contributed by atoms with Crippen LogP contribution >= 0.6 is 0 Å². The van der Waals surface area contributed by atoms with Gasteiger partial charge in [0.1, 0.15) is 0 Å². The molecule has 0 atom stereocenters. The van der Waals surface area contributed by atoms with Gasteiger partial charge in [-0.15, -0.1) is 0 Å². The smallest absolute Gasteiger partial charge is 0.338 e. The molecule has 9 heteroatoms. The number of aromatic nitrogens is 3. The van der Waals surface area contributed by atoms with E-state index < -0.39 is 0 Å². The van der Waals surface area contributed by atoms with Gasteiger partial charge in [-0.3, -0.25) is 23.7 Å². The Morgan fingerprint density at radius 3 is 2.46 bits per heavy atom. The van der Waals surface area contributed by atoms with Crippen molar-refractivity contribution in [2.45, 2.75) is 0 Å². The highest BCUT2D eigenvalue weighted by Gasteiger charge is 2.20. The quantitative estimate of drug-likeness (QED) is 0.453. The van der Waals surface area contributed by atoms with Gasteiger partial charge in [-0.05, 0) is 54.6 Å². The van der Waals surface area contributed by atoms with E-state index in [1.807, 2.05) is 0 Å². The highest BCUT2D eigenvalue weighted by atomic mass is 16.5. The average Bonchev–Trinajstić information content (AvgIpc) is 3.20. The van der Waals surface area contributed by atoms with E-state index >= 15 is 0 Å². The normalized spacial score (nSPS) is 13.5. The summed E-state index contributed by atoms with van der Waals surface area (Å²) in [4.78, 5) is 44.1. The second-order valence-corrected chi connectivity index (χ2v) is 8.01. The Hall–Kier alpha value is -4.50. The molecule has 4 aromatic rings. The summed E-state index contributed by atoms with van der Waals surface area (Å²) in [6.45, 7) is 5.65. The van der Waals surface area contributed by atoms with E-state index in [-0.39, 0.29) is 17.5 Å². The lowest BCUT2D eigenvalue weighted by Gasteiger charge is -2.26. The number of hydrogen-bond acceptors (Lipinski definition) is 5. The van der Waals surface area contributed by atoms with Gasteiger partial charge in [0.05, 0.1) is 41.8 Å². The van der Waals surface area contributed by atoms with Crippen LogP contribution in [0, 0.1) is 0 Å². The van der Waals surface area contributed by atoms with Crippen LogP contribution in [0.15, 0.2) is 84.4 Å². The third kappa shape index (κ3) is 4.24. The molecule has 9 nitrogen and oxygen atoms in total. The number of carbonyl (C=O) groups is 2. The van der Waals surface area contributed by atoms with E-state index in [1.54, 1.807) is 81.0 Å². The Balaban J connectivity index is 1.55. The number of nitrogens with zero attached hydrogens (tertiary/aromatic N) is 4. The molecule has 0 saturated carbocycles. The van der Waals surface area contributed by atoms with Crippen LogP contribution in [-0.4, -0.2) is 57.1 Å². The largest absolute Gasteiger partial charge is 0.378 e. The molecular weight excluding hydrogens is 446 g/mol. The van der Waals surface area contributed by atoms with Crippen LogP contribution in [-0.2, 0) is 9.53 Å². The van der Waals surface area contributed by atoms with Crippen LogP contribution in [0.2, 0.25) is 0 Å². The molecule has 176 valence electrons. The SMILES string of the molecule is C=CC(=O)Nc1cccc(-n2c(=O)n(-c3ccc(C(=O)N4CCOCC4)cc3)c3cnccc32)c1. The van der Waals surface area contributed by atoms with Gasteiger partial charge in [-0.1, -0.05) is 12.6 Å². The van der Waals surface area contributed by atoms with Crippen LogP contribution in [0.5, 0.6) is 0 Å². The number of nitrogens with one attached hydrogen (secondary N) is 1. The van der Waals surface area contributed by atoms with E-state index in [4.69, 9.17) is 4.74 Å². The lowest BCUT2D eigenvalue weighted by atomic mass is 10.1. The number of hydrogen-bond donors (Lipinski definition) is 1. The summed E-state index contributed by atoms with van der Waals surface area (Å²) in [5, 5.41) is 2.72. The second-order valence-electron chi connectivity index (χ2n) is 8.01. The van der Waals surface area contributed by atoms with Gasteiger partial charge in [0.25, 0.3) is 5.91 Å². The summed E-state index contributed by atoms with van der Waals surface area (Å²) < 4.78 is 8.44. The number of benzene rings is 2. The van der Waals surface area contributed by atoms with Crippen LogP contribution in [0.25, 0.3) is 22.4 Å². The number of carbonyl (C=O) groups excluding carboxylic acids is 2. The molecule has 2 amide bonds. The predicted molar refractivity (Wildman–Crippen MR) is 132 cm³/mol. The van der Waals surface area contributed by atoms with Crippen molar-refractivity contribution < 1.29 is 14.3 Å². The third-order valence-electron chi connectivity index (χ3n) is 5.87. The van der Waals surface area contributed by atoms with Gasteiger partial charge in [0, 0.05) is 30.5 Å². The highest BCUT2D eigenvalue weighted by molar-refractivity contribution is 5.99. The number of morpholine rings is 1. The van der Waals surface area contributed by atoms with Crippen molar-refractivity contribution in [2.24, 2.45) is 0 Å². The van der Waals surface area contributed by atoms with Gasteiger partial charge in [-0.2, -0.15) is 0 Å². The minimum atomic E-state index is -0.340. The lowest BCUT2D eigenvalue weighted by Crippen LogP contribution is -2.40. The summed E-state index contributed by atoms with van der Waals surface area (Å²) in [6, 6.07) is 15.7. The number of fused-ring (bicyclic) bond motifs is 1. The van der Waals surface area contributed by atoms with Crippen molar-refractivity contribution in [1.29, 1.82) is 0 Å². The maximum atomic E-state index is 13.7. The van der Waals surface area contributed by atoms with Crippen LogP contribution in [0.3, 0.4) is 0 Å². The number of anilines is 1. The van der Waals surface area contributed by atoms with Crippen molar-refractivity contribution in [3.8, 4) is 11.4 Å². The first kappa shape index (κ1) is 22.3. The lowest BCUT2D eigenvalue weighted by molar-refractivity contribution is -0.111. The molecule has 0 unspecified atom stereocenters. The standard InChI is InChI=1S/C26H23N5O4/c1-2-24(32)28-19-4-3-5-21(16-19)31-22-10-11-27-17-23(22)30(26(31)34)20-8-6-18(7-9-20)25(33)29-12-14-35-15-13-29/h2-11,16-17H,1,12-15H2,(H,28,32). The summed E-state index contributed by atoms with van der Waals surface area (Å²) >= 11 is 0. The molecule has 1 saturated heterocycles.